The van der Waals surface area contributed by atoms with E-state index >= 15 is 0 Å². The maximum atomic E-state index is 11.8. The van der Waals surface area contributed by atoms with Gasteiger partial charge in [-0.2, -0.15) is 0 Å². The molecule has 0 spiro atoms. The minimum atomic E-state index is -2.58. The Hall–Kier alpha value is -2.19. The van der Waals surface area contributed by atoms with E-state index in [1.54, 1.807) is 28.3 Å². The van der Waals surface area contributed by atoms with Gasteiger partial charge in [0.25, 0.3) is 0 Å². The predicted molar refractivity (Wildman–Crippen MR) is 222 cm³/mol. The Labute approximate surface area is 336 Å². The molecule has 324 valence electrons. The second-order valence-corrected chi connectivity index (χ2v) is 17.6. The van der Waals surface area contributed by atoms with Crippen molar-refractivity contribution >= 4 is 27.0 Å². The van der Waals surface area contributed by atoms with Crippen molar-refractivity contribution in [2.45, 2.75) is 173 Å². The number of amides is 2. The summed E-state index contributed by atoms with van der Waals surface area (Å²) in [7, 11) is 2.20. The summed E-state index contributed by atoms with van der Waals surface area (Å²) in [5.74, 6) is -0.428. The molecular formula is C42H82N2O10Si. The molecule has 0 aromatic carbocycles. The molecule has 0 aromatic heterocycles. The van der Waals surface area contributed by atoms with E-state index in [1.807, 2.05) is 0 Å². The quantitative estimate of drug-likeness (QED) is 0.0202. The molecule has 0 fully saturated rings. The van der Waals surface area contributed by atoms with Gasteiger partial charge in [0.15, 0.2) is 0 Å². The maximum Gasteiger partial charge on any atom is 0.500 e. The SMILES string of the molecule is C=C(C)C(=O)OCCOCCNC(=O)OCCCCCCCCCCCCCCCCCCCCCCCCCCOC(=O)NCCC[Si](OC)(OC)OC. The third-order valence-corrected chi connectivity index (χ3v) is 12.5. The molecule has 0 aliphatic heterocycles. The molecule has 2 N–H and O–H groups in total. The lowest BCUT2D eigenvalue weighted by Gasteiger charge is -2.24. The summed E-state index contributed by atoms with van der Waals surface area (Å²) in [5.41, 5.74) is 0.359. The van der Waals surface area contributed by atoms with Crippen molar-refractivity contribution in [1.82, 2.24) is 10.6 Å². The highest BCUT2D eigenvalue weighted by atomic mass is 28.4. The number of nitrogens with one attached hydrogen (secondary N) is 2. The van der Waals surface area contributed by atoms with Crippen LogP contribution in [0.15, 0.2) is 12.2 Å². The molecule has 13 heteroatoms. The number of hydrogen-bond donors (Lipinski definition) is 2. The molecular weight excluding hydrogens is 721 g/mol. The predicted octanol–water partition coefficient (Wildman–Crippen LogP) is 10.2. The Balaban J connectivity index is 3.24. The maximum absolute atomic E-state index is 11.8. The summed E-state index contributed by atoms with van der Waals surface area (Å²) < 4.78 is 36.9. The first-order valence-corrected chi connectivity index (χ1v) is 23.6. The van der Waals surface area contributed by atoms with Gasteiger partial charge >= 0.3 is 27.0 Å². The van der Waals surface area contributed by atoms with Crippen LogP contribution in [0, 0.1) is 0 Å². The lowest BCUT2D eigenvalue weighted by atomic mass is 10.0. The Morgan fingerprint density at radius 1 is 0.436 bits per heavy atom. The molecule has 0 saturated carbocycles. The summed E-state index contributed by atoms with van der Waals surface area (Å²) in [5, 5.41) is 5.44. The fourth-order valence-corrected chi connectivity index (χ4v) is 7.94. The van der Waals surface area contributed by atoms with Gasteiger partial charge in [0.05, 0.1) is 26.4 Å². The van der Waals surface area contributed by atoms with Gasteiger partial charge in [-0.1, -0.05) is 148 Å². The zero-order valence-corrected chi connectivity index (χ0v) is 36.6. The fraction of sp³-hybridized carbons (Fsp3) is 0.881. The summed E-state index contributed by atoms with van der Waals surface area (Å²) >= 11 is 0. The van der Waals surface area contributed by atoms with E-state index in [0.717, 1.165) is 32.1 Å². The topological polar surface area (TPSA) is 140 Å². The highest BCUT2D eigenvalue weighted by Gasteiger charge is 2.36. The monoisotopic (exact) mass is 803 g/mol. The van der Waals surface area contributed by atoms with Gasteiger partial charge in [0.1, 0.15) is 6.61 Å². The summed E-state index contributed by atoms with van der Waals surface area (Å²) in [4.78, 5) is 34.8. The number of carbonyl (C=O) groups is 3. The molecule has 2 amide bonds. The highest BCUT2D eigenvalue weighted by Crippen LogP contribution is 2.16. The van der Waals surface area contributed by atoms with Crippen molar-refractivity contribution in [3.63, 3.8) is 0 Å². The van der Waals surface area contributed by atoms with Gasteiger partial charge in [-0.3, -0.25) is 0 Å². The first-order chi connectivity index (χ1) is 26.8. The zero-order chi connectivity index (χ0) is 40.5. The average Bonchev–Trinajstić information content (AvgIpc) is 3.18. The van der Waals surface area contributed by atoms with E-state index in [0.29, 0.717) is 44.5 Å². The van der Waals surface area contributed by atoms with Crippen molar-refractivity contribution in [1.29, 1.82) is 0 Å². The van der Waals surface area contributed by atoms with Crippen LogP contribution in [0.4, 0.5) is 9.59 Å². The van der Waals surface area contributed by atoms with Crippen LogP contribution >= 0.6 is 0 Å². The summed E-state index contributed by atoms with van der Waals surface area (Å²) in [6, 6.07) is 0.649. The van der Waals surface area contributed by atoms with Gasteiger partial charge in [0, 0.05) is 46.0 Å². The van der Waals surface area contributed by atoms with Crippen LogP contribution < -0.4 is 10.6 Å². The lowest BCUT2D eigenvalue weighted by molar-refractivity contribution is -0.140. The Morgan fingerprint density at radius 2 is 0.782 bits per heavy atom. The van der Waals surface area contributed by atoms with Crippen molar-refractivity contribution in [3.05, 3.63) is 12.2 Å². The average molecular weight is 803 g/mol. The molecule has 12 nitrogen and oxygen atoms in total. The lowest BCUT2D eigenvalue weighted by Crippen LogP contribution is -2.43. The third-order valence-electron chi connectivity index (χ3n) is 9.69. The van der Waals surface area contributed by atoms with Gasteiger partial charge in [-0.25, -0.2) is 14.4 Å². The van der Waals surface area contributed by atoms with Crippen molar-refractivity contribution in [2.75, 3.05) is 67.5 Å². The first-order valence-electron chi connectivity index (χ1n) is 21.7. The molecule has 0 aliphatic carbocycles. The number of carbonyl (C=O) groups excluding carboxylic acids is 3. The summed E-state index contributed by atoms with van der Waals surface area (Å²) in [6.45, 7) is 7.68. The van der Waals surface area contributed by atoms with E-state index in [9.17, 15) is 14.4 Å². The van der Waals surface area contributed by atoms with Gasteiger partial charge < -0.3 is 42.9 Å². The van der Waals surface area contributed by atoms with Crippen molar-refractivity contribution in [2.24, 2.45) is 0 Å². The van der Waals surface area contributed by atoms with E-state index in [2.05, 4.69) is 17.2 Å². The number of hydrogen-bond acceptors (Lipinski definition) is 10. The minimum Gasteiger partial charge on any atom is -0.460 e. The molecule has 0 aliphatic rings. The van der Waals surface area contributed by atoms with Crippen molar-refractivity contribution in [3.8, 4) is 0 Å². The standard InChI is InChI=1S/C42H82N2O10Si/c1-39(2)40(45)52-37-36-51-35-32-44-42(47)54-34-29-27-25-23-21-19-17-15-13-11-9-7-6-8-10-12-14-16-18-20-22-24-26-28-33-53-41(46)43-31-30-38-55(48-3,49-4)50-5/h1,6-38H2,2-5H3,(H,43,46)(H,44,47). The number of rotatable bonds is 41. The minimum absolute atomic E-state index is 0.166. The van der Waals surface area contributed by atoms with Gasteiger partial charge in [-0.05, 0) is 26.2 Å². The van der Waals surface area contributed by atoms with Crippen LogP contribution in [0.5, 0.6) is 0 Å². The van der Waals surface area contributed by atoms with E-state index in [4.69, 9.17) is 32.2 Å². The second kappa shape index (κ2) is 40.0. The largest absolute Gasteiger partial charge is 0.500 e. The van der Waals surface area contributed by atoms with Crippen molar-refractivity contribution < 1.29 is 46.6 Å². The number of unbranched alkanes of at least 4 members (excludes halogenated alkanes) is 23. The smallest absolute Gasteiger partial charge is 0.460 e. The van der Waals surface area contributed by atoms with Crippen LogP contribution in [-0.2, 0) is 37.0 Å². The molecule has 0 unspecified atom stereocenters. The second-order valence-electron chi connectivity index (χ2n) is 14.5. The van der Waals surface area contributed by atoms with Gasteiger partial charge in [-0.15, -0.1) is 0 Å². The highest BCUT2D eigenvalue weighted by molar-refractivity contribution is 6.60. The Bertz CT molecular complexity index is 914. The molecule has 0 saturated heterocycles. The molecule has 0 heterocycles. The number of esters is 1. The molecule has 0 rings (SSSR count). The van der Waals surface area contributed by atoms with Crippen LogP contribution in [0.3, 0.4) is 0 Å². The van der Waals surface area contributed by atoms with Crippen LogP contribution in [0.1, 0.15) is 167 Å². The Morgan fingerprint density at radius 3 is 1.13 bits per heavy atom. The van der Waals surface area contributed by atoms with E-state index < -0.39 is 20.9 Å². The normalized spacial score (nSPS) is 11.3. The fourth-order valence-electron chi connectivity index (χ4n) is 6.22. The summed E-state index contributed by atoms with van der Waals surface area (Å²) in [6.07, 6.45) is 30.8. The van der Waals surface area contributed by atoms with Gasteiger partial charge in [0.2, 0.25) is 0 Å². The molecule has 0 atom stereocenters. The Kier molecular flexibility index (Phi) is 38.4. The first kappa shape index (κ1) is 52.8. The molecule has 55 heavy (non-hydrogen) atoms. The van der Waals surface area contributed by atoms with Crippen LogP contribution in [0.25, 0.3) is 0 Å². The van der Waals surface area contributed by atoms with E-state index in [-0.39, 0.29) is 19.3 Å². The van der Waals surface area contributed by atoms with Crippen LogP contribution in [0.2, 0.25) is 6.04 Å². The third kappa shape index (κ3) is 35.9. The molecule has 0 bridgehead atoms. The number of ether oxygens (including phenoxy) is 4. The van der Waals surface area contributed by atoms with Crippen LogP contribution in [-0.4, -0.2) is 94.4 Å². The molecule has 0 radical (unpaired) electrons. The zero-order valence-electron chi connectivity index (χ0n) is 35.6. The number of alkyl carbamates (subject to hydrolysis) is 2. The molecule has 0 aromatic rings. The van der Waals surface area contributed by atoms with E-state index in [1.165, 1.54) is 128 Å².